The second-order valence-electron chi connectivity index (χ2n) is 9.45. The maximum absolute atomic E-state index is 14.7. The second-order valence-corrected chi connectivity index (χ2v) is 11.5. The maximum atomic E-state index is 14.7. The number of likely N-dealkylation sites (tertiary alicyclic amines) is 1. The van der Waals surface area contributed by atoms with E-state index in [0.717, 1.165) is 49.2 Å². The molecule has 1 amide bonds. The van der Waals surface area contributed by atoms with E-state index >= 15 is 0 Å². The summed E-state index contributed by atoms with van der Waals surface area (Å²) >= 11 is 6.07. The average Bonchev–Trinajstić information content (AvgIpc) is 3.42. The summed E-state index contributed by atoms with van der Waals surface area (Å²) in [5, 5.41) is 2.54. The Morgan fingerprint density at radius 1 is 1.05 bits per heavy atom. The number of carbonyl (C=O) groups excluding carboxylic acids is 2. The predicted molar refractivity (Wildman–Crippen MR) is 148 cm³/mol. The molecule has 0 unspecified atom stereocenters. The standard InChI is InChI=1S/C28H30ClFN4O4S/c29-25-18-26(30)27(17-24(25)28(36)32-12-15-34-13-1-2-14-34)39(37,38)33-22-8-5-20(6-9-22)16-23(35)10-7-21-4-3-11-31-19-21/h3-6,8-9,11,17-19,33H,1-2,7,10,12-16H2,(H,32,36). The summed E-state index contributed by atoms with van der Waals surface area (Å²) in [5.74, 6) is -1.60. The summed E-state index contributed by atoms with van der Waals surface area (Å²) in [5.41, 5.74) is 1.76. The van der Waals surface area contributed by atoms with E-state index in [4.69, 9.17) is 11.6 Å². The lowest BCUT2D eigenvalue weighted by atomic mass is 10.0. The van der Waals surface area contributed by atoms with Gasteiger partial charge in [0.2, 0.25) is 0 Å². The van der Waals surface area contributed by atoms with Gasteiger partial charge in [-0.1, -0.05) is 29.8 Å². The van der Waals surface area contributed by atoms with E-state index in [9.17, 15) is 22.4 Å². The lowest BCUT2D eigenvalue weighted by Crippen LogP contribution is -2.33. The number of amides is 1. The molecule has 1 aliphatic heterocycles. The molecule has 0 radical (unpaired) electrons. The highest BCUT2D eigenvalue weighted by Gasteiger charge is 2.24. The van der Waals surface area contributed by atoms with Gasteiger partial charge < -0.3 is 10.2 Å². The molecule has 0 spiro atoms. The molecule has 0 aliphatic carbocycles. The molecule has 4 rings (SSSR count). The first-order valence-electron chi connectivity index (χ1n) is 12.7. The first-order valence-corrected chi connectivity index (χ1v) is 14.6. The summed E-state index contributed by atoms with van der Waals surface area (Å²) in [6.07, 6.45) is 6.81. The van der Waals surface area contributed by atoms with E-state index < -0.39 is 26.6 Å². The smallest absolute Gasteiger partial charge is 0.264 e. The van der Waals surface area contributed by atoms with E-state index in [1.54, 1.807) is 24.5 Å². The monoisotopic (exact) mass is 572 g/mol. The largest absolute Gasteiger partial charge is 0.351 e. The van der Waals surface area contributed by atoms with Crippen LogP contribution in [0, 0.1) is 5.82 Å². The number of ketones is 1. The van der Waals surface area contributed by atoms with E-state index in [1.807, 2.05) is 12.1 Å². The zero-order chi connectivity index (χ0) is 27.8. The van der Waals surface area contributed by atoms with Crippen molar-refractivity contribution < 1.29 is 22.4 Å². The predicted octanol–water partition coefficient (Wildman–Crippen LogP) is 4.24. The highest BCUT2D eigenvalue weighted by Crippen LogP contribution is 2.26. The van der Waals surface area contributed by atoms with Gasteiger partial charge in [0.25, 0.3) is 15.9 Å². The number of pyridine rings is 1. The molecule has 0 saturated carbocycles. The van der Waals surface area contributed by atoms with Crippen LogP contribution in [0.25, 0.3) is 0 Å². The zero-order valence-electron chi connectivity index (χ0n) is 21.3. The van der Waals surface area contributed by atoms with Gasteiger partial charge in [-0.3, -0.25) is 19.3 Å². The van der Waals surface area contributed by atoms with E-state index in [2.05, 4.69) is 19.9 Å². The van der Waals surface area contributed by atoms with Crippen LogP contribution in [-0.4, -0.2) is 56.2 Å². The first kappa shape index (κ1) is 28.7. The van der Waals surface area contributed by atoms with Gasteiger partial charge in [-0.25, -0.2) is 12.8 Å². The summed E-state index contributed by atoms with van der Waals surface area (Å²) in [6.45, 7) is 2.99. The van der Waals surface area contributed by atoms with Gasteiger partial charge in [0.05, 0.1) is 10.6 Å². The van der Waals surface area contributed by atoms with Gasteiger partial charge in [0, 0.05) is 44.0 Å². The molecule has 11 heteroatoms. The van der Waals surface area contributed by atoms with Gasteiger partial charge in [-0.05, 0) is 73.8 Å². The van der Waals surface area contributed by atoms with Crippen LogP contribution in [0.4, 0.5) is 10.1 Å². The van der Waals surface area contributed by atoms with Crippen molar-refractivity contribution in [3.05, 3.63) is 88.5 Å². The van der Waals surface area contributed by atoms with Crippen LogP contribution in [0.2, 0.25) is 5.02 Å². The Morgan fingerprint density at radius 2 is 1.79 bits per heavy atom. The molecule has 2 aromatic carbocycles. The highest BCUT2D eigenvalue weighted by molar-refractivity contribution is 7.92. The molecule has 1 fully saturated rings. The number of Topliss-reactive ketones (excluding diaryl/α,β-unsaturated/α-hetero) is 1. The number of halogens is 2. The Kier molecular flexibility index (Phi) is 9.66. The molecule has 8 nitrogen and oxygen atoms in total. The number of hydrogen-bond donors (Lipinski definition) is 2. The summed E-state index contributed by atoms with van der Waals surface area (Å²) in [4.78, 5) is 30.6. The molecule has 1 aromatic heterocycles. The van der Waals surface area contributed by atoms with Gasteiger partial charge >= 0.3 is 0 Å². The second kappa shape index (κ2) is 13.1. The molecular formula is C28H30ClFN4O4S. The van der Waals surface area contributed by atoms with E-state index in [-0.39, 0.29) is 28.5 Å². The summed E-state index contributed by atoms with van der Waals surface area (Å²) in [6, 6.07) is 11.8. The molecule has 39 heavy (non-hydrogen) atoms. The third-order valence-corrected chi connectivity index (χ3v) is 8.20. The molecule has 3 aromatic rings. The van der Waals surface area contributed by atoms with Crippen LogP contribution in [0.3, 0.4) is 0 Å². The van der Waals surface area contributed by atoms with Crippen molar-refractivity contribution in [1.82, 2.24) is 15.2 Å². The number of nitrogens with one attached hydrogen (secondary N) is 2. The van der Waals surface area contributed by atoms with Gasteiger partial charge in [0.1, 0.15) is 16.5 Å². The fourth-order valence-electron chi connectivity index (χ4n) is 4.38. The number of hydrogen-bond acceptors (Lipinski definition) is 6. The average molecular weight is 573 g/mol. The van der Waals surface area contributed by atoms with Crippen LogP contribution in [0.15, 0.2) is 65.8 Å². The molecular weight excluding hydrogens is 543 g/mol. The number of carbonyl (C=O) groups is 2. The zero-order valence-corrected chi connectivity index (χ0v) is 22.9. The molecule has 1 saturated heterocycles. The lowest BCUT2D eigenvalue weighted by Gasteiger charge is -2.15. The van der Waals surface area contributed by atoms with Crippen molar-refractivity contribution in [2.24, 2.45) is 0 Å². The van der Waals surface area contributed by atoms with Gasteiger partial charge in [-0.15, -0.1) is 0 Å². The minimum atomic E-state index is -4.37. The highest BCUT2D eigenvalue weighted by atomic mass is 35.5. The first-order chi connectivity index (χ1) is 18.7. The third kappa shape index (κ3) is 8.08. The molecule has 2 heterocycles. The van der Waals surface area contributed by atoms with Crippen LogP contribution < -0.4 is 10.0 Å². The Morgan fingerprint density at radius 3 is 2.49 bits per heavy atom. The number of sulfonamides is 1. The minimum Gasteiger partial charge on any atom is -0.351 e. The Bertz CT molecular complexity index is 1410. The van der Waals surface area contributed by atoms with E-state index in [1.165, 1.54) is 12.1 Å². The number of anilines is 1. The quantitative estimate of drug-likeness (QED) is 0.336. The van der Waals surface area contributed by atoms with Crippen molar-refractivity contribution in [3.8, 4) is 0 Å². The van der Waals surface area contributed by atoms with Gasteiger partial charge in [0.15, 0.2) is 0 Å². The van der Waals surface area contributed by atoms with Crippen LogP contribution in [0.5, 0.6) is 0 Å². The third-order valence-electron chi connectivity index (χ3n) is 6.49. The minimum absolute atomic E-state index is 0.0432. The van der Waals surface area contributed by atoms with Crippen LogP contribution in [-0.2, 0) is 27.7 Å². The number of rotatable bonds is 12. The van der Waals surface area contributed by atoms with Gasteiger partial charge in [-0.2, -0.15) is 0 Å². The lowest BCUT2D eigenvalue weighted by molar-refractivity contribution is -0.118. The van der Waals surface area contributed by atoms with E-state index in [0.29, 0.717) is 25.9 Å². The van der Waals surface area contributed by atoms with Crippen molar-refractivity contribution >= 4 is 39.0 Å². The van der Waals surface area contributed by atoms with Crippen molar-refractivity contribution in [3.63, 3.8) is 0 Å². The maximum Gasteiger partial charge on any atom is 0.264 e. The van der Waals surface area contributed by atoms with Crippen LogP contribution >= 0.6 is 11.6 Å². The van der Waals surface area contributed by atoms with Crippen LogP contribution in [0.1, 0.15) is 40.7 Å². The normalized spacial score (nSPS) is 13.8. The van der Waals surface area contributed by atoms with Crippen molar-refractivity contribution in [1.29, 1.82) is 0 Å². The Hall–Kier alpha value is -3.34. The Balaban J connectivity index is 1.37. The topological polar surface area (TPSA) is 108 Å². The molecule has 206 valence electrons. The number of nitrogens with zero attached hydrogens (tertiary/aromatic N) is 2. The molecule has 2 N–H and O–H groups in total. The summed E-state index contributed by atoms with van der Waals surface area (Å²) in [7, 11) is -4.37. The molecule has 0 atom stereocenters. The number of aryl methyl sites for hydroxylation is 1. The molecule has 1 aliphatic rings. The fourth-order valence-corrected chi connectivity index (χ4v) is 5.77. The number of benzene rings is 2. The van der Waals surface area contributed by atoms with Crippen molar-refractivity contribution in [2.45, 2.75) is 37.0 Å². The summed E-state index contributed by atoms with van der Waals surface area (Å²) < 4.78 is 43.0. The van der Waals surface area contributed by atoms with Crippen molar-refractivity contribution in [2.75, 3.05) is 30.9 Å². The number of aromatic nitrogens is 1. The SMILES string of the molecule is O=C(CCc1cccnc1)Cc1ccc(NS(=O)(=O)c2cc(C(=O)NCCN3CCCC3)c(Cl)cc2F)cc1. The Labute approximate surface area is 232 Å². The molecule has 0 bridgehead atoms. The fraction of sp³-hybridized carbons (Fsp3) is 0.321.